The summed E-state index contributed by atoms with van der Waals surface area (Å²) in [5.41, 5.74) is 0.577. The van der Waals surface area contributed by atoms with Crippen LogP contribution in [0, 0.1) is 17.6 Å². The normalized spacial score (nSPS) is 17.4. The minimum absolute atomic E-state index is 0.0927. The van der Waals surface area contributed by atoms with Crippen LogP contribution in [-0.2, 0) is 16.1 Å². The summed E-state index contributed by atoms with van der Waals surface area (Å²) in [7, 11) is 0. The molecule has 1 fully saturated rings. The molecule has 0 radical (unpaired) electrons. The van der Waals surface area contributed by atoms with E-state index >= 15 is 0 Å². The molecule has 5 heteroatoms. The van der Waals surface area contributed by atoms with Crippen molar-refractivity contribution in [1.29, 1.82) is 0 Å². The van der Waals surface area contributed by atoms with Gasteiger partial charge in [0.1, 0.15) is 0 Å². The molecule has 0 atom stereocenters. The van der Waals surface area contributed by atoms with Crippen molar-refractivity contribution in [1.82, 2.24) is 4.90 Å². The standard InChI is InChI=1S/C19H29F2NO2/c1-19(2,3)24-14-22-9-6-15(7-10-22)8-11-23-13-16-4-5-17(20)18(21)12-16/h4-5,12,15H,6-11,13-14H2,1-3H3. The van der Waals surface area contributed by atoms with Crippen LogP contribution in [-0.4, -0.2) is 36.9 Å². The Labute approximate surface area is 143 Å². The molecule has 0 saturated carbocycles. The zero-order valence-corrected chi connectivity index (χ0v) is 15.0. The molecule has 24 heavy (non-hydrogen) atoms. The van der Waals surface area contributed by atoms with Crippen LogP contribution in [0.1, 0.15) is 45.6 Å². The molecule has 1 aliphatic heterocycles. The summed E-state index contributed by atoms with van der Waals surface area (Å²) in [5.74, 6) is -0.970. The highest BCUT2D eigenvalue weighted by Gasteiger charge is 2.20. The molecule has 0 aromatic heterocycles. The quantitative estimate of drug-likeness (QED) is 0.688. The van der Waals surface area contributed by atoms with Gasteiger partial charge in [0.05, 0.1) is 18.9 Å². The molecule has 1 aromatic carbocycles. The van der Waals surface area contributed by atoms with Gasteiger partial charge in [-0.1, -0.05) is 6.07 Å². The lowest BCUT2D eigenvalue weighted by atomic mass is 9.94. The Morgan fingerprint density at radius 1 is 1.12 bits per heavy atom. The van der Waals surface area contributed by atoms with Crippen molar-refractivity contribution in [3.05, 3.63) is 35.4 Å². The molecule has 0 bridgehead atoms. The van der Waals surface area contributed by atoms with Gasteiger partial charge in [-0.15, -0.1) is 0 Å². The first-order valence-corrected chi connectivity index (χ1v) is 8.71. The molecule has 0 amide bonds. The van der Waals surface area contributed by atoms with E-state index in [2.05, 4.69) is 25.7 Å². The third-order valence-corrected chi connectivity index (χ3v) is 4.31. The predicted molar refractivity (Wildman–Crippen MR) is 90.6 cm³/mol. The molecule has 1 aromatic rings. The van der Waals surface area contributed by atoms with Crippen LogP contribution in [0.3, 0.4) is 0 Å². The summed E-state index contributed by atoms with van der Waals surface area (Å²) in [6, 6.07) is 3.90. The van der Waals surface area contributed by atoms with Crippen LogP contribution in [0.5, 0.6) is 0 Å². The average molecular weight is 341 g/mol. The van der Waals surface area contributed by atoms with Crippen molar-refractivity contribution >= 4 is 0 Å². The summed E-state index contributed by atoms with van der Waals surface area (Å²) >= 11 is 0. The summed E-state index contributed by atoms with van der Waals surface area (Å²) in [4.78, 5) is 2.35. The summed E-state index contributed by atoms with van der Waals surface area (Å²) < 4.78 is 37.4. The Hall–Kier alpha value is -1.04. The Kier molecular flexibility index (Phi) is 7.14. The van der Waals surface area contributed by atoms with Crippen molar-refractivity contribution in [2.75, 3.05) is 26.4 Å². The van der Waals surface area contributed by atoms with E-state index in [-0.39, 0.29) is 5.60 Å². The number of halogens is 2. The maximum atomic E-state index is 13.1. The molecular formula is C19H29F2NO2. The van der Waals surface area contributed by atoms with Crippen LogP contribution >= 0.6 is 0 Å². The minimum Gasteiger partial charge on any atom is -0.377 e. The van der Waals surface area contributed by atoms with Gasteiger partial charge in [0.15, 0.2) is 11.6 Å². The van der Waals surface area contributed by atoms with Crippen LogP contribution in [0.2, 0.25) is 0 Å². The monoisotopic (exact) mass is 341 g/mol. The van der Waals surface area contributed by atoms with E-state index in [1.54, 1.807) is 6.07 Å². The van der Waals surface area contributed by atoms with Crippen molar-refractivity contribution < 1.29 is 18.3 Å². The van der Waals surface area contributed by atoms with Crippen molar-refractivity contribution in [3.63, 3.8) is 0 Å². The first kappa shape index (κ1) is 19.3. The Bertz CT molecular complexity index is 509. The van der Waals surface area contributed by atoms with Gasteiger partial charge in [0.2, 0.25) is 0 Å². The molecule has 0 N–H and O–H groups in total. The fourth-order valence-electron chi connectivity index (χ4n) is 2.76. The van der Waals surface area contributed by atoms with E-state index in [1.165, 1.54) is 6.07 Å². The van der Waals surface area contributed by atoms with E-state index in [9.17, 15) is 8.78 Å². The zero-order chi connectivity index (χ0) is 17.6. The van der Waals surface area contributed by atoms with Gasteiger partial charge in [-0.3, -0.25) is 4.90 Å². The minimum atomic E-state index is -0.819. The Balaban J connectivity index is 1.58. The van der Waals surface area contributed by atoms with E-state index in [4.69, 9.17) is 9.47 Å². The van der Waals surface area contributed by atoms with Crippen LogP contribution < -0.4 is 0 Å². The third kappa shape index (κ3) is 6.83. The average Bonchev–Trinajstić information content (AvgIpc) is 2.53. The number of likely N-dealkylation sites (tertiary alicyclic amines) is 1. The number of nitrogens with zero attached hydrogens (tertiary/aromatic N) is 1. The topological polar surface area (TPSA) is 21.7 Å². The van der Waals surface area contributed by atoms with Crippen LogP contribution in [0.25, 0.3) is 0 Å². The smallest absolute Gasteiger partial charge is 0.159 e. The highest BCUT2D eigenvalue weighted by molar-refractivity contribution is 5.16. The largest absolute Gasteiger partial charge is 0.377 e. The zero-order valence-electron chi connectivity index (χ0n) is 15.0. The highest BCUT2D eigenvalue weighted by atomic mass is 19.2. The molecule has 0 unspecified atom stereocenters. The first-order chi connectivity index (χ1) is 11.3. The van der Waals surface area contributed by atoms with Gasteiger partial charge < -0.3 is 9.47 Å². The molecule has 3 nitrogen and oxygen atoms in total. The van der Waals surface area contributed by atoms with E-state index in [0.717, 1.165) is 38.4 Å². The van der Waals surface area contributed by atoms with Gasteiger partial charge >= 0.3 is 0 Å². The second-order valence-electron chi connectivity index (χ2n) is 7.54. The molecule has 2 rings (SSSR count). The van der Waals surface area contributed by atoms with E-state index < -0.39 is 11.6 Å². The van der Waals surface area contributed by atoms with Gasteiger partial charge in [0, 0.05) is 19.7 Å². The van der Waals surface area contributed by atoms with E-state index in [0.29, 0.717) is 31.4 Å². The van der Waals surface area contributed by atoms with Crippen molar-refractivity contribution in [2.24, 2.45) is 5.92 Å². The number of piperidine rings is 1. The number of hydrogen-bond donors (Lipinski definition) is 0. The Morgan fingerprint density at radius 3 is 2.46 bits per heavy atom. The molecule has 1 aliphatic rings. The summed E-state index contributed by atoms with van der Waals surface area (Å²) in [6.07, 6.45) is 3.32. The first-order valence-electron chi connectivity index (χ1n) is 8.71. The lowest BCUT2D eigenvalue weighted by Crippen LogP contribution is -2.38. The molecule has 1 heterocycles. The third-order valence-electron chi connectivity index (χ3n) is 4.31. The number of hydrogen-bond acceptors (Lipinski definition) is 3. The molecule has 0 aliphatic carbocycles. The molecular weight excluding hydrogens is 312 g/mol. The lowest BCUT2D eigenvalue weighted by Gasteiger charge is -2.33. The fourth-order valence-corrected chi connectivity index (χ4v) is 2.76. The van der Waals surface area contributed by atoms with Gasteiger partial charge in [0.25, 0.3) is 0 Å². The SMILES string of the molecule is CC(C)(C)OCN1CCC(CCOCc2ccc(F)c(F)c2)CC1. The maximum absolute atomic E-state index is 13.1. The van der Waals surface area contributed by atoms with Gasteiger partial charge in [-0.25, -0.2) is 8.78 Å². The van der Waals surface area contributed by atoms with Crippen LogP contribution in [0.15, 0.2) is 18.2 Å². The van der Waals surface area contributed by atoms with Gasteiger partial charge in [-0.2, -0.15) is 0 Å². The second-order valence-corrected chi connectivity index (χ2v) is 7.54. The maximum Gasteiger partial charge on any atom is 0.159 e. The number of benzene rings is 1. The molecule has 0 spiro atoms. The number of ether oxygens (including phenoxy) is 2. The fraction of sp³-hybridized carbons (Fsp3) is 0.684. The Morgan fingerprint density at radius 2 is 1.83 bits per heavy atom. The number of rotatable bonds is 7. The molecule has 1 saturated heterocycles. The molecule has 136 valence electrons. The lowest BCUT2D eigenvalue weighted by molar-refractivity contribution is -0.0720. The highest BCUT2D eigenvalue weighted by Crippen LogP contribution is 2.21. The van der Waals surface area contributed by atoms with E-state index in [1.807, 2.05) is 0 Å². The van der Waals surface area contributed by atoms with Crippen LogP contribution in [0.4, 0.5) is 8.78 Å². The van der Waals surface area contributed by atoms with Gasteiger partial charge in [-0.05, 0) is 63.6 Å². The van der Waals surface area contributed by atoms with Crippen molar-refractivity contribution in [2.45, 2.75) is 52.2 Å². The summed E-state index contributed by atoms with van der Waals surface area (Å²) in [6.45, 7) is 10.0. The predicted octanol–water partition coefficient (Wildman–Crippen LogP) is 4.36. The van der Waals surface area contributed by atoms with Crippen molar-refractivity contribution in [3.8, 4) is 0 Å². The second kappa shape index (κ2) is 8.88. The summed E-state index contributed by atoms with van der Waals surface area (Å²) in [5, 5.41) is 0.